The van der Waals surface area contributed by atoms with Gasteiger partial charge in [-0.1, -0.05) is 72.8 Å². The van der Waals surface area contributed by atoms with Crippen LogP contribution in [0.5, 0.6) is 11.5 Å². The van der Waals surface area contributed by atoms with Crippen LogP contribution in [0.3, 0.4) is 0 Å². The van der Waals surface area contributed by atoms with Gasteiger partial charge in [0.05, 0.1) is 31.8 Å². The number of hydrogen-bond donors (Lipinski definition) is 1. The maximum atomic E-state index is 13.1. The predicted octanol–water partition coefficient (Wildman–Crippen LogP) is 6.30. The van der Waals surface area contributed by atoms with E-state index in [0.717, 1.165) is 33.6 Å². The van der Waals surface area contributed by atoms with Crippen molar-refractivity contribution in [3.63, 3.8) is 0 Å². The average Bonchev–Trinajstić information content (AvgIpc) is 3.43. The summed E-state index contributed by atoms with van der Waals surface area (Å²) in [5.41, 5.74) is 9.42. The van der Waals surface area contributed by atoms with Gasteiger partial charge in [0.1, 0.15) is 11.5 Å². The molecule has 194 valence electrons. The lowest BCUT2D eigenvalue weighted by Gasteiger charge is -2.11. The van der Waals surface area contributed by atoms with E-state index in [2.05, 4.69) is 39.9 Å². The van der Waals surface area contributed by atoms with Crippen molar-refractivity contribution in [2.75, 3.05) is 14.2 Å². The van der Waals surface area contributed by atoms with Crippen molar-refractivity contribution in [2.45, 2.75) is 6.92 Å². The first-order valence-corrected chi connectivity index (χ1v) is 12.4. The van der Waals surface area contributed by atoms with Crippen LogP contribution in [0.25, 0.3) is 28.1 Å². The lowest BCUT2D eigenvalue weighted by atomic mass is 10.0. The van der Waals surface area contributed by atoms with Gasteiger partial charge in [-0.25, -0.2) is 10.1 Å². The second kappa shape index (κ2) is 11.5. The van der Waals surface area contributed by atoms with E-state index in [4.69, 9.17) is 9.47 Å². The van der Waals surface area contributed by atoms with Crippen LogP contribution in [0, 0.1) is 6.92 Å². The Morgan fingerprint density at radius 2 is 1.51 bits per heavy atom. The first kappa shape index (κ1) is 25.5. The van der Waals surface area contributed by atoms with E-state index in [0.29, 0.717) is 17.1 Å². The number of para-hydroxylation sites is 1. The summed E-state index contributed by atoms with van der Waals surface area (Å²) in [5, 5.41) is 8.81. The molecule has 0 radical (unpaired) electrons. The molecule has 1 aromatic heterocycles. The molecule has 0 atom stereocenters. The van der Waals surface area contributed by atoms with E-state index in [9.17, 15) is 4.79 Å². The van der Waals surface area contributed by atoms with Gasteiger partial charge in [0.25, 0.3) is 5.91 Å². The monoisotopic (exact) mass is 516 g/mol. The Hall–Kier alpha value is -5.17. The van der Waals surface area contributed by atoms with Crippen molar-refractivity contribution in [3.8, 4) is 39.6 Å². The Kier molecular flexibility index (Phi) is 7.50. The van der Waals surface area contributed by atoms with Crippen LogP contribution in [-0.2, 0) is 0 Å². The van der Waals surface area contributed by atoms with Crippen molar-refractivity contribution in [1.82, 2.24) is 15.2 Å². The lowest BCUT2D eigenvalue weighted by Crippen LogP contribution is -2.18. The molecule has 1 N–H and O–H groups in total. The summed E-state index contributed by atoms with van der Waals surface area (Å²) in [6.07, 6.45) is 1.51. The minimum atomic E-state index is -0.428. The van der Waals surface area contributed by atoms with Gasteiger partial charge >= 0.3 is 0 Å². The fraction of sp³-hybridized carbons (Fsp3) is 0.0938. The second-order valence-electron chi connectivity index (χ2n) is 8.86. The highest BCUT2D eigenvalue weighted by Crippen LogP contribution is 2.28. The SMILES string of the molecule is COc1ccc(OC)c(/C=N\NC(=O)c2cc(-c3ccc(-c4ccccc4)cc3)n(-c3ccccc3C)n2)c1. The van der Waals surface area contributed by atoms with Crippen molar-refractivity contribution in [3.05, 3.63) is 120 Å². The van der Waals surface area contributed by atoms with E-state index < -0.39 is 5.91 Å². The molecule has 7 heteroatoms. The van der Waals surface area contributed by atoms with Crippen LogP contribution in [0.2, 0.25) is 0 Å². The van der Waals surface area contributed by atoms with Crippen LogP contribution in [0.1, 0.15) is 21.6 Å². The van der Waals surface area contributed by atoms with Gasteiger partial charge in [0.2, 0.25) is 0 Å². The molecule has 0 aliphatic carbocycles. The van der Waals surface area contributed by atoms with E-state index in [-0.39, 0.29) is 5.69 Å². The first-order valence-electron chi connectivity index (χ1n) is 12.4. The molecule has 1 amide bonds. The highest BCUT2D eigenvalue weighted by Gasteiger charge is 2.18. The lowest BCUT2D eigenvalue weighted by molar-refractivity contribution is 0.0949. The number of aryl methyl sites for hydroxylation is 1. The molecule has 0 spiro atoms. The minimum Gasteiger partial charge on any atom is -0.497 e. The van der Waals surface area contributed by atoms with Gasteiger partial charge in [0.15, 0.2) is 5.69 Å². The Bertz CT molecular complexity index is 1620. The first-order chi connectivity index (χ1) is 19.1. The molecule has 0 aliphatic heterocycles. The number of hydrogen-bond acceptors (Lipinski definition) is 5. The molecule has 1 heterocycles. The zero-order valence-corrected chi connectivity index (χ0v) is 22.0. The second-order valence-corrected chi connectivity index (χ2v) is 8.86. The quantitative estimate of drug-likeness (QED) is 0.194. The largest absolute Gasteiger partial charge is 0.497 e. The fourth-order valence-corrected chi connectivity index (χ4v) is 4.30. The summed E-state index contributed by atoms with van der Waals surface area (Å²) in [7, 11) is 3.16. The fourth-order valence-electron chi connectivity index (χ4n) is 4.30. The minimum absolute atomic E-state index is 0.246. The molecule has 0 saturated carbocycles. The summed E-state index contributed by atoms with van der Waals surface area (Å²) in [5.74, 6) is 0.838. The number of hydrazone groups is 1. The number of nitrogens with one attached hydrogen (secondary N) is 1. The third kappa shape index (κ3) is 5.57. The summed E-state index contributed by atoms with van der Waals surface area (Å²) >= 11 is 0. The Labute approximate surface area is 227 Å². The average molecular weight is 517 g/mol. The van der Waals surface area contributed by atoms with Crippen molar-refractivity contribution in [1.29, 1.82) is 0 Å². The van der Waals surface area contributed by atoms with Crippen molar-refractivity contribution < 1.29 is 14.3 Å². The van der Waals surface area contributed by atoms with E-state index in [1.807, 2.05) is 61.5 Å². The van der Waals surface area contributed by atoms with Gasteiger partial charge in [-0.2, -0.15) is 10.2 Å². The number of carbonyl (C=O) groups excluding carboxylic acids is 1. The molecule has 5 rings (SSSR count). The molecular weight excluding hydrogens is 488 g/mol. The molecule has 0 aliphatic rings. The zero-order chi connectivity index (χ0) is 27.2. The summed E-state index contributed by atoms with van der Waals surface area (Å²) in [4.78, 5) is 13.1. The molecule has 4 aromatic carbocycles. The molecular formula is C32H28N4O3. The summed E-state index contributed by atoms with van der Waals surface area (Å²) in [6, 6.07) is 33.5. The van der Waals surface area contributed by atoms with Gasteiger partial charge < -0.3 is 9.47 Å². The maximum absolute atomic E-state index is 13.1. The predicted molar refractivity (Wildman–Crippen MR) is 154 cm³/mol. The molecule has 0 unspecified atom stereocenters. The molecule has 5 aromatic rings. The smallest absolute Gasteiger partial charge is 0.291 e. The summed E-state index contributed by atoms with van der Waals surface area (Å²) in [6.45, 7) is 2.02. The summed E-state index contributed by atoms with van der Waals surface area (Å²) < 4.78 is 12.5. The Balaban J connectivity index is 1.46. The number of aromatic nitrogens is 2. The van der Waals surface area contributed by atoms with Crippen molar-refractivity contribution >= 4 is 12.1 Å². The van der Waals surface area contributed by atoms with E-state index >= 15 is 0 Å². The molecule has 0 saturated heterocycles. The normalized spacial score (nSPS) is 10.9. The van der Waals surface area contributed by atoms with Crippen LogP contribution < -0.4 is 14.9 Å². The van der Waals surface area contributed by atoms with E-state index in [1.54, 1.807) is 43.2 Å². The molecule has 0 bridgehead atoms. The molecule has 39 heavy (non-hydrogen) atoms. The zero-order valence-electron chi connectivity index (χ0n) is 22.0. The van der Waals surface area contributed by atoms with Gasteiger partial charge in [-0.3, -0.25) is 4.79 Å². The van der Waals surface area contributed by atoms with Crippen LogP contribution in [-0.4, -0.2) is 36.1 Å². The Morgan fingerprint density at radius 3 is 2.23 bits per heavy atom. The third-order valence-electron chi connectivity index (χ3n) is 6.38. The number of ether oxygens (including phenoxy) is 2. The van der Waals surface area contributed by atoms with Crippen LogP contribution >= 0.6 is 0 Å². The van der Waals surface area contributed by atoms with Crippen molar-refractivity contribution in [2.24, 2.45) is 5.10 Å². The number of benzene rings is 4. The number of amides is 1. The third-order valence-corrected chi connectivity index (χ3v) is 6.38. The number of rotatable bonds is 8. The van der Waals surface area contributed by atoms with Crippen LogP contribution in [0.15, 0.2) is 108 Å². The van der Waals surface area contributed by atoms with Gasteiger partial charge in [-0.15, -0.1) is 0 Å². The molecule has 0 fully saturated rings. The number of carbonyl (C=O) groups is 1. The molecule has 7 nitrogen and oxygen atoms in total. The highest BCUT2D eigenvalue weighted by molar-refractivity contribution is 5.94. The number of nitrogens with zero attached hydrogens (tertiary/aromatic N) is 3. The van der Waals surface area contributed by atoms with Gasteiger partial charge in [-0.05, 0) is 53.9 Å². The topological polar surface area (TPSA) is 77.7 Å². The van der Waals surface area contributed by atoms with Crippen LogP contribution in [0.4, 0.5) is 0 Å². The van der Waals surface area contributed by atoms with E-state index in [1.165, 1.54) is 6.21 Å². The standard InChI is InChI=1S/C32H28N4O3/c1-22-9-7-8-12-29(22)36-30(25-15-13-24(14-16-25)23-10-5-4-6-11-23)20-28(35-36)32(37)34-33-21-26-19-27(38-2)17-18-31(26)39-3/h4-21H,1-3H3,(H,34,37)/b33-21-. The maximum Gasteiger partial charge on any atom is 0.291 e. The highest BCUT2D eigenvalue weighted by atomic mass is 16.5. The Morgan fingerprint density at radius 1 is 0.821 bits per heavy atom. The number of methoxy groups -OCH3 is 2. The van der Waals surface area contributed by atoms with Gasteiger partial charge in [0, 0.05) is 11.1 Å².